The Bertz CT molecular complexity index is 3930. The summed E-state index contributed by atoms with van der Waals surface area (Å²) in [5.41, 5.74) is 5.99. The number of hydrogen-bond donors (Lipinski definition) is 3. The zero-order chi connectivity index (χ0) is 61.6. The van der Waals surface area contributed by atoms with Crippen molar-refractivity contribution >= 4 is 92.8 Å². The number of halogens is 2. The van der Waals surface area contributed by atoms with Gasteiger partial charge in [0.2, 0.25) is 17.7 Å². The highest BCUT2D eigenvalue weighted by molar-refractivity contribution is 6.34. The summed E-state index contributed by atoms with van der Waals surface area (Å²) in [7, 11) is 0. The van der Waals surface area contributed by atoms with Crippen LogP contribution in [0.4, 0.5) is 27.3 Å². The maximum atomic E-state index is 16.0. The van der Waals surface area contributed by atoms with Crippen LogP contribution in [0.2, 0.25) is 5.02 Å². The zero-order valence-electron chi connectivity index (χ0n) is 50.0. The summed E-state index contributed by atoms with van der Waals surface area (Å²) >= 11 is 6.91. The molecule has 2 aromatic heterocycles. The highest BCUT2D eigenvalue weighted by Crippen LogP contribution is 2.52. The van der Waals surface area contributed by atoms with Gasteiger partial charge >= 0.3 is 0 Å². The standard InChI is InChI=1S/C66H70ClFN12O8/c1-36(2)70-59(82)46-33-52(50(68)27-38(46)5)72-58-57-53(69-35-78(57)37(3)4)34-51(71-58)39-10-14-48-55(29-39)79(43-30-42(31-43)74-19-7-6-8-20-74)65(88)66(48)17-21-76(22-18-66)62(85)45-12-9-40(28-49(45)67)61(84)77-25-23-75(24-26-77)41-11-13-44-47(32-41)64(87)80(63(44)86)54-15-16-56(81)73-60(54)83/h9-14,27-29,32-37,42-43,54H,6-8,15-26,30-31H2,1-5H3,(H,70,82)(H,71,72)(H,73,81,83). The Morgan fingerprint density at radius 3 is 2.18 bits per heavy atom. The fraction of sp³-hybridized carbons (Fsp3) is 0.424. The van der Waals surface area contributed by atoms with E-state index in [4.69, 9.17) is 21.6 Å². The van der Waals surface area contributed by atoms with Gasteiger partial charge in [-0.1, -0.05) is 30.2 Å². The maximum Gasteiger partial charge on any atom is 0.262 e. The molecule has 5 fully saturated rings. The number of likely N-dealkylation sites (tertiary alicyclic amines) is 2. The van der Waals surface area contributed by atoms with Crippen LogP contribution in [0.3, 0.4) is 0 Å². The Labute approximate surface area is 513 Å². The lowest BCUT2D eigenvalue weighted by Crippen LogP contribution is -2.58. The van der Waals surface area contributed by atoms with E-state index in [0.29, 0.717) is 90.0 Å². The molecule has 6 aromatic rings. The van der Waals surface area contributed by atoms with Crippen molar-refractivity contribution in [3.05, 3.63) is 129 Å². The van der Waals surface area contributed by atoms with Crippen molar-refractivity contribution in [2.45, 2.75) is 128 Å². The molecule has 0 radical (unpaired) electrons. The van der Waals surface area contributed by atoms with Crippen LogP contribution >= 0.6 is 11.6 Å². The third-order valence-corrected chi connectivity index (χ3v) is 19.4. The lowest BCUT2D eigenvalue weighted by molar-refractivity contribution is -0.136. The van der Waals surface area contributed by atoms with Crippen molar-refractivity contribution in [3.8, 4) is 11.3 Å². The number of aromatic nitrogens is 3. The first-order valence-corrected chi connectivity index (χ1v) is 31.1. The number of hydrogen-bond acceptors (Lipinski definition) is 13. The number of nitrogens with zero attached hydrogens (tertiary/aromatic N) is 9. The van der Waals surface area contributed by atoms with Crippen molar-refractivity contribution in [1.82, 2.24) is 44.8 Å². The molecule has 4 saturated heterocycles. The second-order valence-corrected chi connectivity index (χ2v) is 25.6. The minimum atomic E-state index is -1.07. The van der Waals surface area contributed by atoms with Crippen molar-refractivity contribution in [1.29, 1.82) is 0 Å². The molecule has 13 rings (SSSR count). The van der Waals surface area contributed by atoms with Crippen molar-refractivity contribution in [3.63, 3.8) is 0 Å². The number of anilines is 4. The average molecular weight is 1210 g/mol. The van der Waals surface area contributed by atoms with Crippen molar-refractivity contribution in [2.75, 3.05) is 67.5 Å². The molecule has 8 amide bonds. The first-order valence-electron chi connectivity index (χ1n) is 30.7. The van der Waals surface area contributed by atoms with Crippen LogP contribution in [-0.2, 0) is 19.8 Å². The largest absolute Gasteiger partial charge is 0.368 e. The number of imide groups is 2. The van der Waals surface area contributed by atoms with E-state index >= 15 is 9.18 Å². The molecular weight excluding hydrogens is 1140 g/mol. The molecule has 8 heterocycles. The van der Waals surface area contributed by atoms with Gasteiger partial charge in [0.15, 0.2) is 5.82 Å². The van der Waals surface area contributed by atoms with E-state index in [9.17, 15) is 33.6 Å². The van der Waals surface area contributed by atoms with Crippen LogP contribution in [-0.4, -0.2) is 158 Å². The lowest BCUT2D eigenvalue weighted by Gasteiger charge is -2.48. The Kier molecular flexibility index (Phi) is 15.2. The van der Waals surface area contributed by atoms with Gasteiger partial charge in [-0.15, -0.1) is 0 Å². The number of piperazine rings is 1. The van der Waals surface area contributed by atoms with E-state index in [-0.39, 0.29) is 95.1 Å². The topological polar surface area (TPSA) is 223 Å². The molecular formula is C66H70ClFN12O8. The Hall–Kier alpha value is -8.56. The van der Waals surface area contributed by atoms with E-state index < -0.39 is 40.9 Å². The average Bonchev–Trinajstić information content (AvgIpc) is 1.61. The second kappa shape index (κ2) is 22.9. The van der Waals surface area contributed by atoms with Gasteiger partial charge in [0.1, 0.15) is 17.4 Å². The normalized spacial score (nSPS) is 21.2. The number of carbonyl (C=O) groups excluding carboxylic acids is 8. The van der Waals surface area contributed by atoms with Gasteiger partial charge in [-0.05, 0) is 164 Å². The number of aryl methyl sites for hydroxylation is 1. The minimum absolute atomic E-state index is 0.0142. The number of amides is 8. The molecule has 3 N–H and O–H groups in total. The van der Waals surface area contributed by atoms with Crippen LogP contribution in [0.15, 0.2) is 79.1 Å². The fourth-order valence-corrected chi connectivity index (χ4v) is 14.5. The number of piperidine rings is 3. The molecule has 88 heavy (non-hydrogen) atoms. The van der Waals surface area contributed by atoms with Gasteiger partial charge in [0, 0.05) is 97.9 Å². The Morgan fingerprint density at radius 2 is 1.48 bits per heavy atom. The molecule has 1 aliphatic carbocycles. The van der Waals surface area contributed by atoms with Gasteiger partial charge in [0.25, 0.3) is 29.5 Å². The minimum Gasteiger partial charge on any atom is -0.368 e. The number of rotatable bonds is 12. The van der Waals surface area contributed by atoms with E-state index in [1.165, 1.54) is 37.5 Å². The molecule has 1 atom stereocenters. The van der Waals surface area contributed by atoms with Gasteiger partial charge in [0.05, 0.1) is 50.4 Å². The maximum absolute atomic E-state index is 16.0. The van der Waals surface area contributed by atoms with Crippen LogP contribution in [0, 0.1) is 12.7 Å². The van der Waals surface area contributed by atoms with Gasteiger partial charge < -0.3 is 39.7 Å². The smallest absolute Gasteiger partial charge is 0.262 e. The first kappa shape index (κ1) is 58.5. The zero-order valence-corrected chi connectivity index (χ0v) is 50.7. The van der Waals surface area contributed by atoms with E-state index in [1.807, 2.05) is 60.3 Å². The lowest BCUT2D eigenvalue weighted by atomic mass is 9.73. The SMILES string of the molecule is Cc1cc(F)c(Nc2nc(-c3ccc4c(c3)N(C3CC(N5CCCCC5)C3)C(=O)C43CCN(C(=O)c4ccc(C(=O)N5CCN(c6ccc7c(c6)C(=O)N(C6CCC(=O)NC6=O)C7=O)CC5)cc4Cl)CC3)cc3ncn(C(C)C)c23)cc1C(=O)NC(C)C. The molecule has 456 valence electrons. The quantitative estimate of drug-likeness (QED) is 0.0979. The predicted molar refractivity (Wildman–Crippen MR) is 330 cm³/mol. The summed E-state index contributed by atoms with van der Waals surface area (Å²) in [6, 6.07) is 19.7. The van der Waals surface area contributed by atoms with Crippen molar-refractivity contribution < 1.29 is 42.7 Å². The number of carbonyl (C=O) groups is 8. The summed E-state index contributed by atoms with van der Waals surface area (Å²) in [5.74, 6) is -3.31. The van der Waals surface area contributed by atoms with E-state index in [2.05, 4.69) is 26.9 Å². The van der Waals surface area contributed by atoms with Crippen molar-refractivity contribution in [2.24, 2.45) is 0 Å². The molecule has 22 heteroatoms. The molecule has 1 spiro atoms. The number of imidazole rings is 1. The van der Waals surface area contributed by atoms with Gasteiger partial charge in [-0.25, -0.2) is 14.4 Å². The predicted octanol–water partition coefficient (Wildman–Crippen LogP) is 8.56. The molecule has 4 aromatic carbocycles. The van der Waals surface area contributed by atoms with Gasteiger partial charge in [-0.3, -0.25) is 48.6 Å². The highest BCUT2D eigenvalue weighted by Gasteiger charge is 2.56. The molecule has 1 saturated carbocycles. The molecule has 0 bridgehead atoms. The number of nitrogens with one attached hydrogen (secondary N) is 3. The number of fused-ring (bicyclic) bond motifs is 4. The summed E-state index contributed by atoms with van der Waals surface area (Å²) in [6.07, 6.45) is 7.87. The summed E-state index contributed by atoms with van der Waals surface area (Å²) in [4.78, 5) is 129. The fourth-order valence-electron chi connectivity index (χ4n) is 14.2. The second-order valence-electron chi connectivity index (χ2n) is 25.2. The van der Waals surface area contributed by atoms with E-state index in [1.54, 1.807) is 53.4 Å². The van der Waals surface area contributed by atoms with Crippen LogP contribution in [0.1, 0.15) is 154 Å². The van der Waals surface area contributed by atoms with Crippen LogP contribution in [0.5, 0.6) is 0 Å². The summed E-state index contributed by atoms with van der Waals surface area (Å²) in [5, 5.41) is 8.53. The van der Waals surface area contributed by atoms with Gasteiger partial charge in [-0.2, -0.15) is 0 Å². The Morgan fingerprint density at radius 1 is 0.750 bits per heavy atom. The Balaban J connectivity index is 0.717. The number of benzene rings is 4. The van der Waals surface area contributed by atoms with E-state index in [0.717, 1.165) is 47.6 Å². The first-order chi connectivity index (χ1) is 42.3. The molecule has 1 unspecified atom stereocenters. The summed E-state index contributed by atoms with van der Waals surface area (Å²) < 4.78 is 17.9. The number of pyridine rings is 1. The third kappa shape index (κ3) is 10.2. The molecule has 20 nitrogen and oxygen atoms in total. The van der Waals surface area contributed by atoms with Crippen LogP contribution in [0.25, 0.3) is 22.3 Å². The molecule has 6 aliphatic heterocycles. The molecule has 7 aliphatic rings. The third-order valence-electron chi connectivity index (χ3n) is 19.1. The van der Waals surface area contributed by atoms with Crippen LogP contribution < -0.4 is 25.8 Å². The summed E-state index contributed by atoms with van der Waals surface area (Å²) in [6.45, 7) is 13.7. The monoisotopic (exact) mass is 1210 g/mol. The highest BCUT2D eigenvalue weighted by atomic mass is 35.5.